The first-order valence-corrected chi connectivity index (χ1v) is 3.42. The summed E-state index contributed by atoms with van der Waals surface area (Å²) in [4.78, 5) is 15.5. The van der Waals surface area contributed by atoms with E-state index in [-0.39, 0.29) is 6.04 Å². The highest BCUT2D eigenvalue weighted by Gasteiger charge is 2.17. The molecule has 1 rings (SSSR count). The molecule has 0 amide bonds. The van der Waals surface area contributed by atoms with Crippen molar-refractivity contribution in [3.8, 4) is 0 Å². The standard InChI is InChI=1S/C8H11NO2/c1-7-4-3-5-9(11-2)8(7)6-10/h3-6,8H,1-2H3. The number of nitrogens with zero attached hydrogens (tertiary/aromatic N) is 1. The summed E-state index contributed by atoms with van der Waals surface area (Å²) >= 11 is 0. The molecule has 0 N–H and O–H groups in total. The van der Waals surface area contributed by atoms with Gasteiger partial charge in [0.25, 0.3) is 0 Å². The lowest BCUT2D eigenvalue weighted by molar-refractivity contribution is -0.134. The molecule has 0 bridgehead atoms. The molecule has 1 atom stereocenters. The van der Waals surface area contributed by atoms with E-state index in [9.17, 15) is 4.79 Å². The smallest absolute Gasteiger partial charge is 0.149 e. The number of hydroxylamine groups is 2. The topological polar surface area (TPSA) is 29.5 Å². The van der Waals surface area contributed by atoms with Crippen molar-refractivity contribution >= 4 is 6.29 Å². The summed E-state index contributed by atoms with van der Waals surface area (Å²) in [5.74, 6) is 0. The minimum atomic E-state index is -0.259. The van der Waals surface area contributed by atoms with E-state index in [1.54, 1.807) is 13.3 Å². The Morgan fingerprint density at radius 3 is 2.91 bits per heavy atom. The number of carbonyl (C=O) groups is 1. The van der Waals surface area contributed by atoms with Crippen LogP contribution in [0.4, 0.5) is 0 Å². The molecule has 0 fully saturated rings. The maximum atomic E-state index is 10.5. The number of hydrogen-bond acceptors (Lipinski definition) is 3. The number of rotatable bonds is 2. The van der Waals surface area contributed by atoms with Crippen molar-refractivity contribution in [2.24, 2.45) is 0 Å². The Labute approximate surface area is 65.9 Å². The monoisotopic (exact) mass is 153 g/mol. The summed E-state index contributed by atoms with van der Waals surface area (Å²) < 4.78 is 0. The Balaban J connectivity index is 2.78. The van der Waals surface area contributed by atoms with E-state index >= 15 is 0 Å². The van der Waals surface area contributed by atoms with E-state index < -0.39 is 0 Å². The SMILES string of the molecule is CON1C=CC=C(C)C1C=O. The molecular weight excluding hydrogens is 142 g/mol. The fraction of sp³-hybridized carbons (Fsp3) is 0.375. The quantitative estimate of drug-likeness (QED) is 0.552. The van der Waals surface area contributed by atoms with Gasteiger partial charge in [0, 0.05) is 6.20 Å². The molecule has 1 aliphatic heterocycles. The van der Waals surface area contributed by atoms with Crippen molar-refractivity contribution in [3.63, 3.8) is 0 Å². The second-order valence-corrected chi connectivity index (χ2v) is 2.38. The van der Waals surface area contributed by atoms with Crippen molar-refractivity contribution < 1.29 is 9.63 Å². The highest BCUT2D eigenvalue weighted by atomic mass is 16.7. The van der Waals surface area contributed by atoms with Gasteiger partial charge in [0.2, 0.25) is 0 Å². The van der Waals surface area contributed by atoms with Crippen molar-refractivity contribution in [1.29, 1.82) is 0 Å². The van der Waals surface area contributed by atoms with Gasteiger partial charge in [0.1, 0.15) is 12.3 Å². The minimum Gasteiger partial charge on any atom is -0.301 e. The molecular formula is C8H11NO2. The first-order chi connectivity index (χ1) is 5.29. The van der Waals surface area contributed by atoms with Crippen molar-refractivity contribution in [3.05, 3.63) is 23.9 Å². The maximum absolute atomic E-state index is 10.5. The highest BCUT2D eigenvalue weighted by molar-refractivity contribution is 5.64. The van der Waals surface area contributed by atoms with Gasteiger partial charge >= 0.3 is 0 Å². The van der Waals surface area contributed by atoms with E-state index in [1.807, 2.05) is 19.1 Å². The third-order valence-electron chi connectivity index (χ3n) is 1.67. The van der Waals surface area contributed by atoms with Gasteiger partial charge in [0.15, 0.2) is 0 Å². The predicted octanol–water partition coefficient (Wildman–Crippen LogP) is 0.891. The third kappa shape index (κ3) is 1.49. The Kier molecular flexibility index (Phi) is 2.44. The van der Waals surface area contributed by atoms with Crippen molar-refractivity contribution in [2.45, 2.75) is 13.0 Å². The second kappa shape index (κ2) is 3.34. The van der Waals surface area contributed by atoms with Crippen LogP contribution in [0.3, 0.4) is 0 Å². The highest BCUT2D eigenvalue weighted by Crippen LogP contribution is 2.13. The molecule has 1 aliphatic rings. The Morgan fingerprint density at radius 2 is 2.45 bits per heavy atom. The Morgan fingerprint density at radius 1 is 1.73 bits per heavy atom. The van der Waals surface area contributed by atoms with Crippen molar-refractivity contribution in [1.82, 2.24) is 5.06 Å². The average Bonchev–Trinajstić information content (AvgIpc) is 2.04. The number of allylic oxidation sites excluding steroid dienone is 2. The number of carbonyl (C=O) groups excluding carboxylic acids is 1. The Hall–Kier alpha value is -1.09. The van der Waals surface area contributed by atoms with Crippen LogP contribution in [0.2, 0.25) is 0 Å². The van der Waals surface area contributed by atoms with Gasteiger partial charge in [-0.15, -0.1) is 0 Å². The molecule has 0 saturated heterocycles. The molecule has 0 radical (unpaired) electrons. The van der Waals surface area contributed by atoms with Gasteiger partial charge < -0.3 is 4.79 Å². The van der Waals surface area contributed by atoms with Gasteiger partial charge in [-0.1, -0.05) is 6.08 Å². The molecule has 0 saturated carbocycles. The molecule has 11 heavy (non-hydrogen) atoms. The zero-order valence-electron chi connectivity index (χ0n) is 6.65. The fourth-order valence-electron chi connectivity index (χ4n) is 1.01. The molecule has 60 valence electrons. The predicted molar refractivity (Wildman–Crippen MR) is 41.6 cm³/mol. The molecule has 0 aromatic heterocycles. The lowest BCUT2D eigenvalue weighted by Gasteiger charge is -2.26. The molecule has 0 aromatic rings. The lowest BCUT2D eigenvalue weighted by atomic mass is 10.1. The summed E-state index contributed by atoms with van der Waals surface area (Å²) in [5, 5.41) is 1.52. The summed E-state index contributed by atoms with van der Waals surface area (Å²) in [6, 6.07) is -0.259. The molecule has 1 unspecified atom stereocenters. The fourth-order valence-corrected chi connectivity index (χ4v) is 1.01. The maximum Gasteiger partial charge on any atom is 0.149 e. The first-order valence-electron chi connectivity index (χ1n) is 3.42. The second-order valence-electron chi connectivity index (χ2n) is 2.38. The van der Waals surface area contributed by atoms with Crippen LogP contribution in [0.25, 0.3) is 0 Å². The van der Waals surface area contributed by atoms with Crippen LogP contribution in [-0.4, -0.2) is 24.5 Å². The summed E-state index contributed by atoms with van der Waals surface area (Å²) in [6.07, 6.45) is 6.33. The Bertz CT molecular complexity index is 208. The molecule has 0 aliphatic carbocycles. The van der Waals surface area contributed by atoms with Crippen molar-refractivity contribution in [2.75, 3.05) is 7.11 Å². The zero-order valence-corrected chi connectivity index (χ0v) is 6.65. The van der Waals surface area contributed by atoms with Crippen LogP contribution in [0.1, 0.15) is 6.92 Å². The normalized spacial score (nSPS) is 23.3. The van der Waals surface area contributed by atoms with Crippen LogP contribution < -0.4 is 0 Å². The first kappa shape index (κ1) is 8.01. The van der Waals surface area contributed by atoms with Crippen LogP contribution >= 0.6 is 0 Å². The number of aldehydes is 1. The van der Waals surface area contributed by atoms with E-state index in [4.69, 9.17) is 4.84 Å². The van der Waals surface area contributed by atoms with E-state index in [1.165, 1.54) is 5.06 Å². The van der Waals surface area contributed by atoms with Gasteiger partial charge in [0.05, 0.1) is 7.11 Å². The average molecular weight is 153 g/mol. The van der Waals surface area contributed by atoms with Gasteiger partial charge in [-0.25, -0.2) is 5.06 Å². The third-order valence-corrected chi connectivity index (χ3v) is 1.67. The molecule has 0 spiro atoms. The summed E-state index contributed by atoms with van der Waals surface area (Å²) in [7, 11) is 1.54. The van der Waals surface area contributed by atoms with E-state index in [0.29, 0.717) is 0 Å². The van der Waals surface area contributed by atoms with Gasteiger partial charge in [-0.3, -0.25) is 4.84 Å². The summed E-state index contributed by atoms with van der Waals surface area (Å²) in [6.45, 7) is 1.90. The lowest BCUT2D eigenvalue weighted by Crippen LogP contribution is -2.33. The minimum absolute atomic E-state index is 0.259. The van der Waals surface area contributed by atoms with Crippen LogP contribution in [0.15, 0.2) is 23.9 Å². The molecule has 3 nitrogen and oxygen atoms in total. The zero-order chi connectivity index (χ0) is 8.27. The molecule has 1 heterocycles. The number of hydrogen-bond donors (Lipinski definition) is 0. The summed E-state index contributed by atoms with van der Waals surface area (Å²) in [5.41, 5.74) is 0.990. The van der Waals surface area contributed by atoms with Crippen LogP contribution in [-0.2, 0) is 9.63 Å². The van der Waals surface area contributed by atoms with Gasteiger partial charge in [-0.05, 0) is 18.6 Å². The molecule has 3 heteroatoms. The largest absolute Gasteiger partial charge is 0.301 e. The van der Waals surface area contributed by atoms with Crippen LogP contribution in [0.5, 0.6) is 0 Å². The van der Waals surface area contributed by atoms with E-state index in [2.05, 4.69) is 0 Å². The van der Waals surface area contributed by atoms with Gasteiger partial charge in [-0.2, -0.15) is 0 Å². The van der Waals surface area contributed by atoms with Crippen LogP contribution in [0, 0.1) is 0 Å². The molecule has 0 aromatic carbocycles. The van der Waals surface area contributed by atoms with E-state index in [0.717, 1.165) is 11.9 Å².